The fraction of sp³-hybridized carbons (Fsp3) is 0.538. The van der Waals surface area contributed by atoms with E-state index >= 15 is 0 Å². The van der Waals surface area contributed by atoms with Crippen molar-refractivity contribution in [1.29, 1.82) is 0 Å². The van der Waals surface area contributed by atoms with Crippen LogP contribution in [0.25, 0.3) is 0 Å². The number of hydrogen-bond acceptors (Lipinski definition) is 4. The van der Waals surface area contributed by atoms with Gasteiger partial charge in [-0.15, -0.1) is 0 Å². The zero-order valence-electron chi connectivity index (χ0n) is 11.2. The summed E-state index contributed by atoms with van der Waals surface area (Å²) >= 11 is 1.86. The quantitative estimate of drug-likeness (QED) is 0.452. The summed E-state index contributed by atoms with van der Waals surface area (Å²) < 4.78 is 13.8. The molecule has 6 heteroatoms. The Balaban J connectivity index is 2.53. The lowest BCUT2D eigenvalue weighted by atomic mass is 10.1. The topological polar surface area (TPSA) is 55.2 Å². The van der Waals surface area contributed by atoms with Gasteiger partial charge in [0.1, 0.15) is 0 Å². The number of benzene rings is 1. The Morgan fingerprint density at radius 1 is 1.53 bits per heavy atom. The maximum absolute atomic E-state index is 13.8. The van der Waals surface area contributed by atoms with Crippen molar-refractivity contribution in [2.75, 3.05) is 11.5 Å². The van der Waals surface area contributed by atoms with Gasteiger partial charge >= 0.3 is 5.69 Å². The summed E-state index contributed by atoms with van der Waals surface area (Å²) in [6.45, 7) is 4.46. The van der Waals surface area contributed by atoms with Crippen LogP contribution in [0.1, 0.15) is 25.8 Å². The Labute approximate surface area is 116 Å². The molecule has 0 aliphatic carbocycles. The summed E-state index contributed by atoms with van der Waals surface area (Å²) in [4.78, 5) is 9.93. The van der Waals surface area contributed by atoms with Crippen molar-refractivity contribution < 1.29 is 9.31 Å². The molecule has 0 aromatic heterocycles. The second-order valence-electron chi connectivity index (χ2n) is 4.27. The number of rotatable bonds is 8. The lowest BCUT2D eigenvalue weighted by Crippen LogP contribution is -2.26. The van der Waals surface area contributed by atoms with E-state index in [-0.39, 0.29) is 6.04 Å². The lowest BCUT2D eigenvalue weighted by molar-refractivity contribution is -0.387. The SMILES string of the molecule is CCSCCC(C)NCc1cccc([N+](=O)[O-])c1F. The fourth-order valence-corrected chi connectivity index (χ4v) is 2.44. The van der Waals surface area contributed by atoms with Gasteiger partial charge in [-0.2, -0.15) is 16.2 Å². The van der Waals surface area contributed by atoms with Gasteiger partial charge in [0.2, 0.25) is 5.82 Å². The first kappa shape index (κ1) is 15.9. The molecule has 0 bridgehead atoms. The average Bonchev–Trinajstić information content (AvgIpc) is 2.37. The van der Waals surface area contributed by atoms with Crippen LogP contribution >= 0.6 is 11.8 Å². The van der Waals surface area contributed by atoms with E-state index in [0.717, 1.165) is 17.9 Å². The molecule has 0 fully saturated rings. The first-order valence-electron chi connectivity index (χ1n) is 6.29. The fourth-order valence-electron chi connectivity index (χ4n) is 1.63. The van der Waals surface area contributed by atoms with Crippen molar-refractivity contribution in [3.63, 3.8) is 0 Å². The highest BCUT2D eigenvalue weighted by atomic mass is 32.2. The zero-order chi connectivity index (χ0) is 14.3. The number of nitro groups is 1. The molecule has 0 amide bonds. The highest BCUT2D eigenvalue weighted by Gasteiger charge is 2.17. The van der Waals surface area contributed by atoms with Gasteiger partial charge < -0.3 is 5.32 Å². The van der Waals surface area contributed by atoms with Crippen molar-refractivity contribution in [3.8, 4) is 0 Å². The van der Waals surface area contributed by atoms with E-state index in [0.29, 0.717) is 12.1 Å². The minimum atomic E-state index is -0.741. The molecular weight excluding hydrogens is 267 g/mol. The molecule has 1 aromatic rings. The first-order chi connectivity index (χ1) is 9.06. The van der Waals surface area contributed by atoms with E-state index in [1.54, 1.807) is 6.07 Å². The van der Waals surface area contributed by atoms with Gasteiger partial charge in [0, 0.05) is 24.2 Å². The summed E-state index contributed by atoms with van der Waals surface area (Å²) in [5, 5.41) is 13.8. The van der Waals surface area contributed by atoms with Gasteiger partial charge in [0.05, 0.1) is 4.92 Å². The molecule has 1 unspecified atom stereocenters. The Morgan fingerprint density at radius 2 is 2.26 bits per heavy atom. The molecule has 4 nitrogen and oxygen atoms in total. The summed E-state index contributed by atoms with van der Waals surface area (Å²) in [6, 6.07) is 4.52. The summed E-state index contributed by atoms with van der Waals surface area (Å²) in [5.41, 5.74) is -0.127. The van der Waals surface area contributed by atoms with E-state index in [9.17, 15) is 14.5 Å². The zero-order valence-corrected chi connectivity index (χ0v) is 12.0. The summed E-state index contributed by atoms with van der Waals surface area (Å²) in [6.07, 6.45) is 0.995. The molecule has 0 spiro atoms. The molecule has 1 aromatic carbocycles. The van der Waals surface area contributed by atoms with Crippen LogP contribution in [0.2, 0.25) is 0 Å². The number of nitrogens with one attached hydrogen (secondary N) is 1. The van der Waals surface area contributed by atoms with Crippen molar-refractivity contribution in [3.05, 3.63) is 39.7 Å². The lowest BCUT2D eigenvalue weighted by Gasteiger charge is -2.13. The van der Waals surface area contributed by atoms with E-state index < -0.39 is 16.4 Å². The number of hydrogen-bond donors (Lipinski definition) is 1. The van der Waals surface area contributed by atoms with Crippen molar-refractivity contribution in [2.24, 2.45) is 0 Å². The van der Waals surface area contributed by atoms with E-state index in [1.807, 2.05) is 18.7 Å². The van der Waals surface area contributed by atoms with Gasteiger partial charge in [-0.1, -0.05) is 19.1 Å². The maximum Gasteiger partial charge on any atom is 0.305 e. The maximum atomic E-state index is 13.8. The van der Waals surface area contributed by atoms with Gasteiger partial charge in [-0.05, 0) is 24.9 Å². The molecule has 0 heterocycles. The molecule has 0 saturated heterocycles. The molecule has 1 atom stereocenters. The largest absolute Gasteiger partial charge is 0.310 e. The molecule has 0 radical (unpaired) electrons. The molecule has 1 rings (SSSR count). The molecule has 19 heavy (non-hydrogen) atoms. The van der Waals surface area contributed by atoms with Crippen LogP contribution in [0.15, 0.2) is 18.2 Å². The molecule has 106 valence electrons. The van der Waals surface area contributed by atoms with Crippen molar-refractivity contribution >= 4 is 17.4 Å². The molecule has 0 aliphatic rings. The van der Waals surface area contributed by atoms with Gasteiger partial charge in [0.15, 0.2) is 0 Å². The van der Waals surface area contributed by atoms with Crippen LogP contribution in [0.4, 0.5) is 10.1 Å². The van der Waals surface area contributed by atoms with E-state index in [1.165, 1.54) is 12.1 Å². The molecular formula is C13H19FN2O2S. The third-order valence-corrected chi connectivity index (χ3v) is 3.73. The van der Waals surface area contributed by atoms with Gasteiger partial charge in [-0.25, -0.2) is 0 Å². The Morgan fingerprint density at radius 3 is 2.89 bits per heavy atom. The number of nitro benzene ring substituents is 1. The predicted molar refractivity (Wildman–Crippen MR) is 77.0 cm³/mol. The average molecular weight is 286 g/mol. The van der Waals surface area contributed by atoms with Crippen molar-refractivity contribution in [2.45, 2.75) is 32.9 Å². The number of nitrogens with zero attached hydrogens (tertiary/aromatic N) is 1. The standard InChI is InChI=1S/C13H19FN2O2S/c1-3-19-8-7-10(2)15-9-11-5-4-6-12(13(11)14)16(17)18/h4-6,10,15H,3,7-9H2,1-2H3. The third-order valence-electron chi connectivity index (χ3n) is 2.80. The number of thioether (sulfide) groups is 1. The molecule has 1 N–H and O–H groups in total. The van der Waals surface area contributed by atoms with E-state index in [4.69, 9.17) is 0 Å². The van der Waals surface area contributed by atoms with Crippen LogP contribution in [0, 0.1) is 15.9 Å². The van der Waals surface area contributed by atoms with Crippen LogP contribution in [0.5, 0.6) is 0 Å². The van der Waals surface area contributed by atoms with Crippen molar-refractivity contribution in [1.82, 2.24) is 5.32 Å². The minimum absolute atomic E-state index is 0.262. The summed E-state index contributed by atoms with van der Waals surface area (Å²) in [7, 11) is 0. The molecule has 0 saturated carbocycles. The Bertz CT molecular complexity index is 429. The highest BCUT2D eigenvalue weighted by molar-refractivity contribution is 7.99. The highest BCUT2D eigenvalue weighted by Crippen LogP contribution is 2.20. The Hall–Kier alpha value is -1.14. The monoisotopic (exact) mass is 286 g/mol. The summed E-state index contributed by atoms with van der Waals surface area (Å²) in [5.74, 6) is 1.41. The van der Waals surface area contributed by atoms with Crippen LogP contribution in [-0.4, -0.2) is 22.5 Å². The minimum Gasteiger partial charge on any atom is -0.310 e. The predicted octanol–water partition coefficient (Wildman–Crippen LogP) is 3.36. The van der Waals surface area contributed by atoms with Crippen LogP contribution in [0.3, 0.4) is 0 Å². The molecule has 0 aliphatic heterocycles. The second kappa shape index (κ2) is 8.12. The van der Waals surface area contributed by atoms with Gasteiger partial charge in [0.25, 0.3) is 0 Å². The third kappa shape index (κ3) is 5.16. The first-order valence-corrected chi connectivity index (χ1v) is 7.44. The smallest absolute Gasteiger partial charge is 0.305 e. The normalized spacial score (nSPS) is 12.4. The Kier molecular flexibility index (Phi) is 6.80. The second-order valence-corrected chi connectivity index (χ2v) is 5.67. The van der Waals surface area contributed by atoms with Crippen LogP contribution in [-0.2, 0) is 6.54 Å². The van der Waals surface area contributed by atoms with Gasteiger partial charge in [-0.3, -0.25) is 10.1 Å². The van der Waals surface area contributed by atoms with E-state index in [2.05, 4.69) is 12.2 Å². The van der Waals surface area contributed by atoms with Crippen LogP contribution < -0.4 is 5.32 Å². The number of halogens is 1.